The summed E-state index contributed by atoms with van der Waals surface area (Å²) in [5, 5.41) is 3.15. The number of benzene rings is 1. The molecule has 0 fully saturated rings. The standard InChI is InChI=1S/C19H28ClFN2O2/c1-3-5-7-10-16(21)13-14-22-25-15-23(19(24)18(20)4-2)17-11-8-6-9-12-17/h6,8-9,11-12,14,16,18H,3-5,7,10,13,15H2,1-2H3. The van der Waals surface area contributed by atoms with Gasteiger partial charge in [0, 0.05) is 18.3 Å². The van der Waals surface area contributed by atoms with Crippen LogP contribution in [-0.2, 0) is 9.63 Å². The predicted molar refractivity (Wildman–Crippen MR) is 102 cm³/mol. The quantitative estimate of drug-likeness (QED) is 0.164. The first-order valence-corrected chi connectivity index (χ1v) is 9.32. The number of oxime groups is 1. The minimum atomic E-state index is -0.905. The number of carbonyl (C=O) groups is 1. The van der Waals surface area contributed by atoms with Crippen LogP contribution in [0.25, 0.3) is 0 Å². The zero-order valence-corrected chi connectivity index (χ0v) is 15.8. The molecule has 0 aliphatic heterocycles. The summed E-state index contributed by atoms with van der Waals surface area (Å²) in [6.07, 6.45) is 4.80. The van der Waals surface area contributed by atoms with Gasteiger partial charge in [0.1, 0.15) is 11.5 Å². The van der Waals surface area contributed by atoms with Gasteiger partial charge in [-0.2, -0.15) is 0 Å². The van der Waals surface area contributed by atoms with Crippen LogP contribution in [0.1, 0.15) is 52.4 Å². The summed E-state index contributed by atoms with van der Waals surface area (Å²) < 4.78 is 13.6. The van der Waals surface area contributed by atoms with Gasteiger partial charge < -0.3 is 4.84 Å². The number of anilines is 1. The van der Waals surface area contributed by atoms with Crippen LogP contribution in [0.3, 0.4) is 0 Å². The fourth-order valence-electron chi connectivity index (χ4n) is 2.25. The van der Waals surface area contributed by atoms with Crippen LogP contribution in [0.15, 0.2) is 35.5 Å². The number of hydrogen-bond acceptors (Lipinski definition) is 3. The first-order chi connectivity index (χ1) is 12.1. The molecule has 140 valence electrons. The maximum atomic E-state index is 13.6. The molecule has 0 spiro atoms. The largest absolute Gasteiger partial charge is 0.374 e. The molecule has 1 aromatic rings. The number of alkyl halides is 2. The molecule has 0 aliphatic rings. The van der Waals surface area contributed by atoms with E-state index in [-0.39, 0.29) is 19.1 Å². The molecule has 0 radical (unpaired) electrons. The van der Waals surface area contributed by atoms with E-state index in [1.165, 1.54) is 11.1 Å². The summed E-state index contributed by atoms with van der Waals surface area (Å²) in [6.45, 7) is 3.87. The lowest BCUT2D eigenvalue weighted by molar-refractivity contribution is -0.119. The van der Waals surface area contributed by atoms with Crippen molar-refractivity contribution in [2.45, 2.75) is 63.9 Å². The van der Waals surface area contributed by atoms with E-state index in [0.29, 0.717) is 18.5 Å². The van der Waals surface area contributed by atoms with Gasteiger partial charge in [0.15, 0.2) is 6.73 Å². The molecule has 6 heteroatoms. The molecule has 4 nitrogen and oxygen atoms in total. The summed E-state index contributed by atoms with van der Waals surface area (Å²) in [4.78, 5) is 19.0. The highest BCUT2D eigenvalue weighted by molar-refractivity contribution is 6.32. The topological polar surface area (TPSA) is 41.9 Å². The van der Waals surface area contributed by atoms with Crippen LogP contribution in [0.4, 0.5) is 10.1 Å². The lowest BCUT2D eigenvalue weighted by Crippen LogP contribution is -2.38. The Hall–Kier alpha value is -1.62. The highest BCUT2D eigenvalue weighted by Gasteiger charge is 2.22. The van der Waals surface area contributed by atoms with Gasteiger partial charge in [0.05, 0.1) is 0 Å². The third-order valence-electron chi connectivity index (χ3n) is 3.78. The van der Waals surface area contributed by atoms with E-state index in [2.05, 4.69) is 12.1 Å². The molecule has 0 aromatic heterocycles. The highest BCUT2D eigenvalue weighted by atomic mass is 35.5. The lowest BCUT2D eigenvalue weighted by Gasteiger charge is -2.23. The predicted octanol–water partition coefficient (Wildman–Crippen LogP) is 5.31. The van der Waals surface area contributed by atoms with Crippen molar-refractivity contribution in [2.75, 3.05) is 11.6 Å². The Morgan fingerprint density at radius 3 is 2.68 bits per heavy atom. The van der Waals surface area contributed by atoms with Crippen LogP contribution in [-0.4, -0.2) is 30.4 Å². The molecule has 25 heavy (non-hydrogen) atoms. The van der Waals surface area contributed by atoms with Crippen molar-refractivity contribution in [1.82, 2.24) is 0 Å². The van der Waals surface area contributed by atoms with E-state index in [1.807, 2.05) is 25.1 Å². The minimum Gasteiger partial charge on any atom is -0.374 e. The molecule has 0 bridgehead atoms. The molecule has 1 amide bonds. The van der Waals surface area contributed by atoms with Crippen molar-refractivity contribution in [3.8, 4) is 0 Å². The van der Waals surface area contributed by atoms with Gasteiger partial charge in [0.2, 0.25) is 5.91 Å². The van der Waals surface area contributed by atoms with Crippen molar-refractivity contribution >= 4 is 29.4 Å². The average molecular weight is 371 g/mol. The van der Waals surface area contributed by atoms with Crippen molar-refractivity contribution < 1.29 is 14.0 Å². The van der Waals surface area contributed by atoms with E-state index in [1.54, 1.807) is 12.1 Å². The van der Waals surface area contributed by atoms with Crippen LogP contribution in [0.5, 0.6) is 0 Å². The number of amides is 1. The van der Waals surface area contributed by atoms with Crippen molar-refractivity contribution in [1.29, 1.82) is 0 Å². The van der Waals surface area contributed by atoms with Gasteiger partial charge in [-0.15, -0.1) is 11.6 Å². The van der Waals surface area contributed by atoms with Gasteiger partial charge >= 0.3 is 0 Å². The first kappa shape index (κ1) is 21.4. The highest BCUT2D eigenvalue weighted by Crippen LogP contribution is 2.17. The van der Waals surface area contributed by atoms with Gasteiger partial charge in [-0.3, -0.25) is 9.69 Å². The smallest absolute Gasteiger partial charge is 0.247 e. The van der Waals surface area contributed by atoms with Crippen LogP contribution >= 0.6 is 11.6 Å². The Kier molecular flexibility index (Phi) is 10.9. The Morgan fingerprint density at radius 1 is 1.32 bits per heavy atom. The molecule has 2 unspecified atom stereocenters. The number of rotatable bonds is 12. The summed E-state index contributed by atoms with van der Waals surface area (Å²) in [7, 11) is 0. The van der Waals surface area contributed by atoms with Crippen molar-refractivity contribution in [3.63, 3.8) is 0 Å². The molecule has 2 atom stereocenters. The Bertz CT molecular complexity index is 513. The van der Waals surface area contributed by atoms with Gasteiger partial charge in [-0.05, 0) is 25.0 Å². The number of hydrogen-bond donors (Lipinski definition) is 0. The van der Waals surface area contributed by atoms with E-state index in [4.69, 9.17) is 16.4 Å². The van der Waals surface area contributed by atoms with Crippen LogP contribution in [0, 0.1) is 0 Å². The first-order valence-electron chi connectivity index (χ1n) is 8.88. The van der Waals surface area contributed by atoms with Gasteiger partial charge in [-0.1, -0.05) is 56.5 Å². The molecular formula is C19H28ClFN2O2. The maximum Gasteiger partial charge on any atom is 0.247 e. The van der Waals surface area contributed by atoms with Crippen molar-refractivity contribution in [3.05, 3.63) is 30.3 Å². The lowest BCUT2D eigenvalue weighted by atomic mass is 10.1. The minimum absolute atomic E-state index is 0.0602. The van der Waals surface area contributed by atoms with Crippen molar-refractivity contribution in [2.24, 2.45) is 5.16 Å². The molecular weight excluding hydrogens is 343 g/mol. The molecule has 1 aromatic carbocycles. The molecule has 0 N–H and O–H groups in total. The number of para-hydroxylation sites is 1. The number of halogens is 2. The number of unbranched alkanes of at least 4 members (excludes halogenated alkanes) is 2. The Balaban J connectivity index is 2.50. The van der Waals surface area contributed by atoms with E-state index in [0.717, 1.165) is 19.3 Å². The summed E-state index contributed by atoms with van der Waals surface area (Å²) in [5.41, 5.74) is 0.685. The third kappa shape index (κ3) is 8.34. The number of carbonyl (C=O) groups excluding carboxylic acids is 1. The molecule has 0 aliphatic carbocycles. The zero-order chi connectivity index (χ0) is 18.5. The SMILES string of the molecule is CCCCCC(F)CC=NOCN(C(=O)C(Cl)CC)c1ccccc1. The third-order valence-corrected chi connectivity index (χ3v) is 4.27. The van der Waals surface area contributed by atoms with E-state index < -0.39 is 11.5 Å². The zero-order valence-electron chi connectivity index (χ0n) is 15.0. The second kappa shape index (κ2) is 12.7. The molecule has 0 heterocycles. The Morgan fingerprint density at radius 2 is 2.04 bits per heavy atom. The number of nitrogens with zero attached hydrogens (tertiary/aromatic N) is 2. The fourth-order valence-corrected chi connectivity index (χ4v) is 2.37. The van der Waals surface area contributed by atoms with Crippen LogP contribution < -0.4 is 4.90 Å². The second-order valence-corrected chi connectivity index (χ2v) is 6.38. The average Bonchev–Trinajstić information content (AvgIpc) is 2.64. The van der Waals surface area contributed by atoms with Gasteiger partial charge in [0.25, 0.3) is 0 Å². The fraction of sp³-hybridized carbons (Fsp3) is 0.579. The second-order valence-electron chi connectivity index (χ2n) is 5.85. The van der Waals surface area contributed by atoms with Gasteiger partial charge in [-0.25, -0.2) is 4.39 Å². The van der Waals surface area contributed by atoms with Crippen LogP contribution in [0.2, 0.25) is 0 Å². The molecule has 1 rings (SSSR count). The summed E-state index contributed by atoms with van der Waals surface area (Å²) >= 11 is 6.07. The molecule has 0 saturated heterocycles. The summed E-state index contributed by atoms with van der Waals surface area (Å²) in [5.74, 6) is -0.242. The van der Waals surface area contributed by atoms with E-state index >= 15 is 0 Å². The maximum absolute atomic E-state index is 13.6. The molecule has 0 saturated carbocycles. The normalized spacial score (nSPS) is 13.6. The summed E-state index contributed by atoms with van der Waals surface area (Å²) in [6, 6.07) is 9.13. The monoisotopic (exact) mass is 370 g/mol. The van der Waals surface area contributed by atoms with E-state index in [9.17, 15) is 9.18 Å². The Labute approximate surface area is 155 Å².